The fourth-order valence-electron chi connectivity index (χ4n) is 4.23. The minimum atomic E-state index is -0.590. The number of ether oxygens (including phenoxy) is 3. The molecule has 6 nitrogen and oxygen atoms in total. The molecular weight excluding hydrogens is 322 g/mol. The topological polar surface area (TPSA) is 68.4 Å². The third kappa shape index (κ3) is 3.16. The second-order valence-electron chi connectivity index (χ2n) is 7.16. The number of morpholine rings is 1. The third-order valence-corrected chi connectivity index (χ3v) is 5.60. The van der Waals surface area contributed by atoms with E-state index in [4.69, 9.17) is 14.2 Å². The number of esters is 2. The highest BCUT2D eigenvalue weighted by Gasteiger charge is 2.62. The van der Waals surface area contributed by atoms with E-state index in [9.17, 15) is 9.59 Å². The van der Waals surface area contributed by atoms with E-state index in [1.54, 1.807) is 0 Å². The molecule has 4 rings (SSSR count). The lowest BCUT2D eigenvalue weighted by molar-refractivity contribution is -0.158. The molecule has 1 aromatic carbocycles. The SMILES string of the molecule is CC(=O)OC[C@@H](C(=O)OC1C[C@@H]2[C@H]3O[C@H]3[C@H](C1)N2C)c1ccccc1. The van der Waals surface area contributed by atoms with Gasteiger partial charge in [-0.1, -0.05) is 30.3 Å². The van der Waals surface area contributed by atoms with Crippen molar-refractivity contribution in [2.24, 2.45) is 0 Å². The number of likely N-dealkylation sites (N-methyl/N-ethyl adjacent to an activating group) is 1. The lowest BCUT2D eigenvalue weighted by Crippen LogP contribution is -2.48. The predicted octanol–water partition coefficient (Wildman–Crippen LogP) is 1.49. The second kappa shape index (κ2) is 6.42. The zero-order chi connectivity index (χ0) is 17.6. The summed E-state index contributed by atoms with van der Waals surface area (Å²) in [6, 6.07) is 10.0. The summed E-state index contributed by atoms with van der Waals surface area (Å²) in [6.45, 7) is 1.35. The molecular formula is C19H23NO5. The van der Waals surface area contributed by atoms with Gasteiger partial charge < -0.3 is 14.2 Å². The Morgan fingerprint density at radius 2 is 1.84 bits per heavy atom. The smallest absolute Gasteiger partial charge is 0.317 e. The van der Waals surface area contributed by atoms with E-state index >= 15 is 0 Å². The van der Waals surface area contributed by atoms with Crippen LogP contribution in [0, 0.1) is 0 Å². The van der Waals surface area contributed by atoms with Gasteiger partial charge in [-0.15, -0.1) is 0 Å². The van der Waals surface area contributed by atoms with Gasteiger partial charge in [0.1, 0.15) is 30.8 Å². The number of nitrogens with zero attached hydrogens (tertiary/aromatic N) is 1. The van der Waals surface area contributed by atoms with E-state index in [1.165, 1.54) is 6.92 Å². The van der Waals surface area contributed by atoms with E-state index in [0.717, 1.165) is 18.4 Å². The summed E-state index contributed by atoms with van der Waals surface area (Å²) in [5.74, 6) is -1.31. The summed E-state index contributed by atoms with van der Waals surface area (Å²) >= 11 is 0. The maximum Gasteiger partial charge on any atom is 0.317 e. The molecule has 0 amide bonds. The van der Waals surface area contributed by atoms with Crippen LogP contribution in [0.5, 0.6) is 0 Å². The molecule has 1 unspecified atom stereocenters. The molecule has 0 aromatic heterocycles. The van der Waals surface area contributed by atoms with Crippen molar-refractivity contribution >= 4 is 11.9 Å². The second-order valence-corrected chi connectivity index (χ2v) is 7.16. The van der Waals surface area contributed by atoms with Crippen LogP contribution in [-0.2, 0) is 23.8 Å². The molecule has 134 valence electrons. The van der Waals surface area contributed by atoms with Gasteiger partial charge in [0.05, 0.1) is 0 Å². The number of piperidine rings is 1. The molecule has 0 radical (unpaired) electrons. The van der Waals surface area contributed by atoms with Gasteiger partial charge in [-0.25, -0.2) is 0 Å². The van der Waals surface area contributed by atoms with Crippen LogP contribution in [0.3, 0.4) is 0 Å². The van der Waals surface area contributed by atoms with Crippen LogP contribution in [0.1, 0.15) is 31.2 Å². The minimum Gasteiger partial charge on any atom is -0.465 e. The molecule has 0 N–H and O–H groups in total. The number of rotatable bonds is 5. The Balaban J connectivity index is 1.43. The molecule has 3 aliphatic heterocycles. The average molecular weight is 345 g/mol. The molecule has 0 spiro atoms. The van der Waals surface area contributed by atoms with Gasteiger partial charge in [0.15, 0.2) is 0 Å². The monoisotopic (exact) mass is 345 g/mol. The summed E-state index contributed by atoms with van der Waals surface area (Å²) in [6.07, 6.45) is 2.12. The third-order valence-electron chi connectivity index (χ3n) is 5.60. The number of carbonyl (C=O) groups excluding carboxylic acids is 2. The first-order chi connectivity index (χ1) is 12.0. The van der Waals surface area contributed by atoms with Gasteiger partial charge in [0.25, 0.3) is 0 Å². The Kier molecular flexibility index (Phi) is 4.25. The molecule has 1 aromatic rings. The molecule has 3 aliphatic rings. The number of carbonyl (C=O) groups is 2. The summed E-state index contributed by atoms with van der Waals surface area (Å²) in [5, 5.41) is 0. The fourth-order valence-corrected chi connectivity index (χ4v) is 4.23. The molecule has 0 aliphatic carbocycles. The zero-order valence-electron chi connectivity index (χ0n) is 14.5. The van der Waals surface area contributed by atoms with Crippen molar-refractivity contribution in [1.29, 1.82) is 0 Å². The Bertz CT molecular complexity index is 645. The van der Waals surface area contributed by atoms with Crippen LogP contribution in [0.25, 0.3) is 0 Å². The van der Waals surface area contributed by atoms with Crippen molar-refractivity contribution in [3.63, 3.8) is 0 Å². The highest BCUT2D eigenvalue weighted by molar-refractivity contribution is 5.79. The first-order valence-corrected chi connectivity index (χ1v) is 8.81. The van der Waals surface area contributed by atoms with Gasteiger partial charge in [-0.3, -0.25) is 14.5 Å². The Labute approximate surface area is 147 Å². The molecule has 2 bridgehead atoms. The van der Waals surface area contributed by atoms with E-state index in [2.05, 4.69) is 11.9 Å². The van der Waals surface area contributed by atoms with Gasteiger partial charge in [0, 0.05) is 31.8 Å². The van der Waals surface area contributed by atoms with Gasteiger partial charge >= 0.3 is 11.9 Å². The number of fused-ring (bicyclic) bond motifs is 5. The van der Waals surface area contributed by atoms with Crippen molar-refractivity contribution in [1.82, 2.24) is 4.90 Å². The van der Waals surface area contributed by atoms with Gasteiger partial charge in [0.2, 0.25) is 0 Å². The van der Waals surface area contributed by atoms with E-state index < -0.39 is 11.9 Å². The summed E-state index contributed by atoms with van der Waals surface area (Å²) < 4.78 is 16.6. The Morgan fingerprint density at radius 3 is 2.44 bits per heavy atom. The van der Waals surface area contributed by atoms with E-state index in [1.807, 2.05) is 30.3 Å². The Morgan fingerprint density at radius 1 is 1.20 bits per heavy atom. The summed E-state index contributed by atoms with van der Waals surface area (Å²) in [7, 11) is 2.12. The largest absolute Gasteiger partial charge is 0.465 e. The molecule has 3 fully saturated rings. The number of hydrogen-bond donors (Lipinski definition) is 0. The molecule has 0 saturated carbocycles. The van der Waals surface area contributed by atoms with Crippen LogP contribution in [0.2, 0.25) is 0 Å². The van der Waals surface area contributed by atoms with Crippen LogP contribution >= 0.6 is 0 Å². The minimum absolute atomic E-state index is 0.00597. The molecule has 6 atom stereocenters. The standard InChI is InChI=1S/C19H23NO5/c1-11(21)23-10-14(12-6-4-3-5-7-12)19(22)24-13-8-15-17-18(25-17)16(9-13)20(15)2/h3-7,13-18H,8-10H2,1-2H3/t13?,14-,15-,16+,17-,18+/m1/s1. The molecule has 25 heavy (non-hydrogen) atoms. The van der Waals surface area contributed by atoms with Crippen molar-refractivity contribution < 1.29 is 23.8 Å². The quantitative estimate of drug-likeness (QED) is 0.595. The Hall–Kier alpha value is -1.92. The normalized spacial score (nSPS) is 34.1. The maximum atomic E-state index is 12.8. The van der Waals surface area contributed by atoms with Crippen LogP contribution in [0.15, 0.2) is 30.3 Å². The number of benzene rings is 1. The van der Waals surface area contributed by atoms with Crippen molar-refractivity contribution in [2.75, 3.05) is 13.7 Å². The molecule has 3 heterocycles. The van der Waals surface area contributed by atoms with Crippen LogP contribution in [-0.4, -0.2) is 60.9 Å². The van der Waals surface area contributed by atoms with E-state index in [0.29, 0.717) is 24.3 Å². The predicted molar refractivity (Wildman–Crippen MR) is 88.9 cm³/mol. The first-order valence-electron chi connectivity index (χ1n) is 8.81. The lowest BCUT2D eigenvalue weighted by Gasteiger charge is -2.38. The molecule has 6 heteroatoms. The highest BCUT2D eigenvalue weighted by atomic mass is 16.6. The lowest BCUT2D eigenvalue weighted by atomic mass is 9.97. The maximum absolute atomic E-state index is 12.8. The number of epoxide rings is 1. The summed E-state index contributed by atoms with van der Waals surface area (Å²) in [4.78, 5) is 26.3. The van der Waals surface area contributed by atoms with Crippen molar-refractivity contribution in [2.45, 2.75) is 56.1 Å². The highest BCUT2D eigenvalue weighted by Crippen LogP contribution is 2.48. The first kappa shape index (κ1) is 16.5. The van der Waals surface area contributed by atoms with Crippen LogP contribution < -0.4 is 0 Å². The van der Waals surface area contributed by atoms with Crippen LogP contribution in [0.4, 0.5) is 0 Å². The van der Waals surface area contributed by atoms with Gasteiger partial charge in [-0.2, -0.15) is 0 Å². The van der Waals surface area contributed by atoms with Crippen molar-refractivity contribution in [3.8, 4) is 0 Å². The van der Waals surface area contributed by atoms with Crippen molar-refractivity contribution in [3.05, 3.63) is 35.9 Å². The van der Waals surface area contributed by atoms with Gasteiger partial charge in [-0.05, 0) is 12.6 Å². The zero-order valence-corrected chi connectivity index (χ0v) is 14.5. The van der Waals surface area contributed by atoms with E-state index in [-0.39, 0.29) is 18.7 Å². The summed E-state index contributed by atoms with van der Waals surface area (Å²) in [5.41, 5.74) is 0.802. The molecule has 3 saturated heterocycles. The average Bonchev–Trinajstić information content (AvgIpc) is 3.34. The fraction of sp³-hybridized carbons (Fsp3) is 0.579. The number of hydrogen-bond acceptors (Lipinski definition) is 6.